The van der Waals surface area contributed by atoms with Crippen LogP contribution in [0.25, 0.3) is 0 Å². The molecule has 0 unspecified atom stereocenters. The lowest BCUT2D eigenvalue weighted by atomic mass is 9.78. The molecule has 0 spiro atoms. The molecule has 0 saturated carbocycles. The molecule has 3 rings (SSSR count). The van der Waals surface area contributed by atoms with Crippen LogP contribution in [-0.4, -0.2) is 43.7 Å². The van der Waals surface area contributed by atoms with Gasteiger partial charge in [-0.2, -0.15) is 17.0 Å². The fourth-order valence-corrected chi connectivity index (χ4v) is 5.23. The highest BCUT2D eigenvalue weighted by molar-refractivity contribution is 7.86. The average Bonchev–Trinajstić information content (AvgIpc) is 2.96. The largest absolute Gasteiger partial charge is 0.281 e. The topological polar surface area (TPSA) is 40.6 Å². The average molecular weight is 308 g/mol. The van der Waals surface area contributed by atoms with E-state index in [0.717, 1.165) is 32.1 Å². The second kappa shape index (κ2) is 5.71. The summed E-state index contributed by atoms with van der Waals surface area (Å²) in [6.45, 7) is 0.657. The summed E-state index contributed by atoms with van der Waals surface area (Å²) in [6.07, 6.45) is 5.33. The first kappa shape index (κ1) is 15.0. The Morgan fingerprint density at radius 2 is 1.90 bits per heavy atom. The lowest BCUT2D eigenvalue weighted by Crippen LogP contribution is -2.45. The second-order valence-electron chi connectivity index (χ2n) is 6.31. The standard InChI is InChI=1S/C16H24N2O2S/c1-17(2)21(19,20)18-12-6-11-16(18)15-10-5-8-13-7-3-4-9-14(13)15/h3-4,7,9,15-16H,5-6,8,10-12H2,1-2H3/t15-,16+/m0/s1. The van der Waals surface area contributed by atoms with Crippen molar-refractivity contribution in [3.8, 4) is 0 Å². The SMILES string of the molecule is CN(C)S(=O)(=O)N1CCC[C@@H]1[C@H]1CCCc2ccccc21. The third-order valence-electron chi connectivity index (χ3n) is 4.89. The van der Waals surface area contributed by atoms with Gasteiger partial charge in [0.2, 0.25) is 0 Å². The molecule has 1 aromatic carbocycles. The molecular weight excluding hydrogens is 284 g/mol. The molecule has 0 radical (unpaired) electrons. The van der Waals surface area contributed by atoms with Crippen molar-refractivity contribution >= 4 is 10.2 Å². The van der Waals surface area contributed by atoms with Crippen LogP contribution in [0.5, 0.6) is 0 Å². The minimum absolute atomic E-state index is 0.124. The molecular formula is C16H24N2O2S. The summed E-state index contributed by atoms with van der Waals surface area (Å²) in [6, 6.07) is 8.68. The Morgan fingerprint density at radius 1 is 1.14 bits per heavy atom. The number of benzene rings is 1. The molecule has 1 aromatic rings. The van der Waals surface area contributed by atoms with Crippen LogP contribution in [0.2, 0.25) is 0 Å². The summed E-state index contributed by atoms with van der Waals surface area (Å²) in [5.74, 6) is 0.354. The van der Waals surface area contributed by atoms with Gasteiger partial charge in [-0.1, -0.05) is 24.3 Å². The van der Waals surface area contributed by atoms with E-state index in [1.807, 2.05) is 0 Å². The molecule has 2 atom stereocenters. The number of nitrogens with zero attached hydrogens (tertiary/aromatic N) is 2. The summed E-state index contributed by atoms with van der Waals surface area (Å²) in [5, 5.41) is 0. The molecule has 1 aliphatic carbocycles. The molecule has 4 nitrogen and oxygen atoms in total. The molecule has 0 N–H and O–H groups in total. The maximum atomic E-state index is 12.5. The van der Waals surface area contributed by atoms with Crippen molar-refractivity contribution in [2.75, 3.05) is 20.6 Å². The first-order chi connectivity index (χ1) is 10.0. The second-order valence-corrected chi connectivity index (χ2v) is 8.40. The molecule has 5 heteroatoms. The van der Waals surface area contributed by atoms with Crippen molar-refractivity contribution in [2.45, 2.75) is 44.1 Å². The van der Waals surface area contributed by atoms with Crippen molar-refractivity contribution in [2.24, 2.45) is 0 Å². The molecule has 0 bridgehead atoms. The third-order valence-corrected chi connectivity index (χ3v) is 6.86. The highest BCUT2D eigenvalue weighted by Crippen LogP contribution is 2.40. The van der Waals surface area contributed by atoms with E-state index in [2.05, 4.69) is 24.3 Å². The zero-order chi connectivity index (χ0) is 15.0. The molecule has 0 aromatic heterocycles. The number of hydrogen-bond acceptors (Lipinski definition) is 2. The van der Waals surface area contributed by atoms with E-state index in [1.54, 1.807) is 18.4 Å². The van der Waals surface area contributed by atoms with Gasteiger partial charge in [-0.3, -0.25) is 0 Å². The highest BCUT2D eigenvalue weighted by atomic mass is 32.2. The lowest BCUT2D eigenvalue weighted by Gasteiger charge is -2.35. The van der Waals surface area contributed by atoms with E-state index in [9.17, 15) is 8.42 Å². The van der Waals surface area contributed by atoms with Crippen LogP contribution in [-0.2, 0) is 16.6 Å². The minimum Gasteiger partial charge on any atom is -0.195 e. The zero-order valence-corrected chi connectivity index (χ0v) is 13.6. The van der Waals surface area contributed by atoms with Crippen molar-refractivity contribution in [3.05, 3.63) is 35.4 Å². The fourth-order valence-electron chi connectivity index (χ4n) is 3.86. The van der Waals surface area contributed by atoms with Crippen LogP contribution in [0.3, 0.4) is 0 Å². The molecule has 1 fully saturated rings. The van der Waals surface area contributed by atoms with Gasteiger partial charge >= 0.3 is 0 Å². The van der Waals surface area contributed by atoms with Gasteiger partial charge in [0.05, 0.1) is 0 Å². The molecule has 21 heavy (non-hydrogen) atoms. The number of hydrogen-bond donors (Lipinski definition) is 0. The molecule has 1 aliphatic heterocycles. The summed E-state index contributed by atoms with van der Waals surface area (Å²) in [4.78, 5) is 0. The zero-order valence-electron chi connectivity index (χ0n) is 12.8. The van der Waals surface area contributed by atoms with Crippen molar-refractivity contribution in [1.82, 2.24) is 8.61 Å². The predicted octanol–water partition coefficient (Wildman–Crippen LogP) is 2.38. The summed E-state index contributed by atoms with van der Waals surface area (Å²) in [7, 11) is -0.0619. The Kier molecular flexibility index (Phi) is 4.08. The van der Waals surface area contributed by atoms with Crippen LogP contribution in [0.4, 0.5) is 0 Å². The van der Waals surface area contributed by atoms with E-state index in [4.69, 9.17) is 0 Å². The van der Waals surface area contributed by atoms with Crippen LogP contribution in [0.15, 0.2) is 24.3 Å². The lowest BCUT2D eigenvalue weighted by molar-refractivity contribution is 0.301. The van der Waals surface area contributed by atoms with E-state index in [0.29, 0.717) is 12.5 Å². The molecule has 1 heterocycles. The van der Waals surface area contributed by atoms with E-state index >= 15 is 0 Å². The Balaban J connectivity index is 1.94. The fraction of sp³-hybridized carbons (Fsp3) is 0.625. The van der Waals surface area contributed by atoms with Crippen molar-refractivity contribution < 1.29 is 8.42 Å². The van der Waals surface area contributed by atoms with Gasteiger partial charge in [0.15, 0.2) is 0 Å². The Labute approximate surface area is 127 Å². The van der Waals surface area contributed by atoms with Crippen LogP contribution in [0.1, 0.15) is 42.7 Å². The summed E-state index contributed by atoms with van der Waals surface area (Å²) >= 11 is 0. The smallest absolute Gasteiger partial charge is 0.195 e. The number of fused-ring (bicyclic) bond motifs is 1. The van der Waals surface area contributed by atoms with Gasteiger partial charge < -0.3 is 0 Å². The molecule has 1 saturated heterocycles. The number of aryl methyl sites for hydroxylation is 1. The van der Waals surface area contributed by atoms with Crippen LogP contribution >= 0.6 is 0 Å². The van der Waals surface area contributed by atoms with Crippen LogP contribution in [0, 0.1) is 0 Å². The molecule has 0 amide bonds. The van der Waals surface area contributed by atoms with Gasteiger partial charge in [0.1, 0.15) is 0 Å². The molecule has 2 aliphatic rings. The van der Waals surface area contributed by atoms with Crippen molar-refractivity contribution in [1.29, 1.82) is 0 Å². The van der Waals surface area contributed by atoms with Gasteiger partial charge in [-0.05, 0) is 43.2 Å². The first-order valence-corrected chi connectivity index (χ1v) is 9.18. The summed E-state index contributed by atoms with van der Waals surface area (Å²) < 4.78 is 28.2. The quantitative estimate of drug-likeness (QED) is 0.860. The monoisotopic (exact) mass is 308 g/mol. The number of rotatable bonds is 3. The van der Waals surface area contributed by atoms with E-state index in [1.165, 1.54) is 15.4 Å². The Bertz CT molecular complexity index is 612. The third kappa shape index (κ3) is 2.62. The highest BCUT2D eigenvalue weighted by Gasteiger charge is 2.41. The van der Waals surface area contributed by atoms with E-state index < -0.39 is 10.2 Å². The maximum absolute atomic E-state index is 12.5. The molecule has 116 valence electrons. The van der Waals surface area contributed by atoms with Gasteiger partial charge in [-0.15, -0.1) is 0 Å². The first-order valence-electron chi connectivity index (χ1n) is 7.79. The van der Waals surface area contributed by atoms with E-state index in [-0.39, 0.29) is 6.04 Å². The normalized spacial score (nSPS) is 27.0. The minimum atomic E-state index is -3.31. The predicted molar refractivity (Wildman–Crippen MR) is 84.5 cm³/mol. The Morgan fingerprint density at radius 3 is 2.67 bits per heavy atom. The maximum Gasteiger partial charge on any atom is 0.281 e. The van der Waals surface area contributed by atoms with Gasteiger partial charge in [-0.25, -0.2) is 0 Å². The summed E-state index contributed by atoms with van der Waals surface area (Å²) in [5.41, 5.74) is 2.78. The Hall–Kier alpha value is -0.910. The van der Waals surface area contributed by atoms with Gasteiger partial charge in [0.25, 0.3) is 10.2 Å². The van der Waals surface area contributed by atoms with Crippen LogP contribution < -0.4 is 0 Å². The van der Waals surface area contributed by atoms with Crippen molar-refractivity contribution in [3.63, 3.8) is 0 Å². The van der Waals surface area contributed by atoms with Gasteiger partial charge in [0, 0.05) is 32.6 Å².